The lowest BCUT2D eigenvalue weighted by atomic mass is 9.73. The Balaban J connectivity index is 3.82. The van der Waals surface area contributed by atoms with E-state index >= 15 is 0 Å². The molecule has 0 amide bonds. The Kier molecular flexibility index (Phi) is 15.5. The fraction of sp³-hybridized carbons (Fsp3) is 0.889. The van der Waals surface area contributed by atoms with Crippen LogP contribution in [0.1, 0.15) is 138 Å². The second-order valence-electron chi connectivity index (χ2n) is 10.7. The van der Waals surface area contributed by atoms with Crippen LogP contribution < -0.4 is 5.73 Å². The molecule has 2 N–H and O–H groups in total. The van der Waals surface area contributed by atoms with Crippen molar-refractivity contribution in [1.82, 2.24) is 0 Å². The van der Waals surface area contributed by atoms with Crippen LogP contribution in [-0.2, 0) is 9.53 Å². The molecule has 0 aromatic heterocycles. The molecule has 0 aliphatic rings. The SMILES string of the molecule is CCCCCCCCCOC(=O)CCCCCC/C(C)=C(\C)C(C)(C)CC(C)(C)N. The molecule has 0 saturated heterocycles. The number of carbonyl (C=O) groups is 1. The van der Waals surface area contributed by atoms with Gasteiger partial charge >= 0.3 is 5.97 Å². The van der Waals surface area contributed by atoms with Crippen molar-refractivity contribution >= 4 is 5.97 Å². The van der Waals surface area contributed by atoms with Gasteiger partial charge in [-0.1, -0.05) is 83.3 Å². The summed E-state index contributed by atoms with van der Waals surface area (Å²) in [6, 6.07) is 0. The van der Waals surface area contributed by atoms with Crippen molar-refractivity contribution in [1.29, 1.82) is 0 Å². The van der Waals surface area contributed by atoms with Crippen LogP contribution in [0.5, 0.6) is 0 Å². The minimum Gasteiger partial charge on any atom is -0.466 e. The van der Waals surface area contributed by atoms with Gasteiger partial charge in [-0.2, -0.15) is 0 Å². The van der Waals surface area contributed by atoms with E-state index in [0.717, 1.165) is 32.1 Å². The quantitative estimate of drug-likeness (QED) is 0.138. The second-order valence-corrected chi connectivity index (χ2v) is 10.7. The van der Waals surface area contributed by atoms with Crippen LogP contribution in [-0.4, -0.2) is 18.1 Å². The molecule has 0 radical (unpaired) electrons. The van der Waals surface area contributed by atoms with Crippen molar-refractivity contribution < 1.29 is 9.53 Å². The summed E-state index contributed by atoms with van der Waals surface area (Å²) >= 11 is 0. The average molecular weight is 424 g/mol. The standard InChI is InChI=1S/C27H53NO2/c1-8-9-10-11-12-15-18-21-30-25(29)20-17-14-13-16-19-23(2)24(3)26(4,5)22-27(6,7)28/h8-22,28H2,1-7H3/b24-23+. The summed E-state index contributed by atoms with van der Waals surface area (Å²) in [5, 5.41) is 0. The third-order valence-corrected chi connectivity index (χ3v) is 6.25. The lowest BCUT2D eigenvalue weighted by molar-refractivity contribution is -0.143. The van der Waals surface area contributed by atoms with E-state index in [1.807, 2.05) is 0 Å². The van der Waals surface area contributed by atoms with Crippen LogP contribution in [0.2, 0.25) is 0 Å². The second kappa shape index (κ2) is 15.9. The lowest BCUT2D eigenvalue weighted by Gasteiger charge is -2.34. The predicted octanol–water partition coefficient (Wildman–Crippen LogP) is 8.11. The van der Waals surface area contributed by atoms with Crippen LogP contribution in [0, 0.1) is 5.41 Å². The number of nitrogens with two attached hydrogens (primary N) is 1. The van der Waals surface area contributed by atoms with Gasteiger partial charge < -0.3 is 10.5 Å². The minimum absolute atomic E-state index is 0.0148. The zero-order valence-corrected chi connectivity index (χ0v) is 21.5. The molecule has 0 heterocycles. The molecule has 0 rings (SSSR count). The van der Waals surface area contributed by atoms with Gasteiger partial charge in [0.2, 0.25) is 0 Å². The van der Waals surface area contributed by atoms with E-state index in [1.54, 1.807) is 0 Å². The Morgan fingerprint density at radius 3 is 1.83 bits per heavy atom. The topological polar surface area (TPSA) is 52.3 Å². The maximum absolute atomic E-state index is 11.8. The van der Waals surface area contributed by atoms with Crippen molar-refractivity contribution in [2.24, 2.45) is 11.1 Å². The van der Waals surface area contributed by atoms with Crippen molar-refractivity contribution in [3.05, 3.63) is 11.1 Å². The van der Waals surface area contributed by atoms with Crippen molar-refractivity contribution in [3.63, 3.8) is 0 Å². The van der Waals surface area contributed by atoms with Gasteiger partial charge in [0.25, 0.3) is 0 Å². The number of carbonyl (C=O) groups excluding carboxylic acids is 1. The van der Waals surface area contributed by atoms with E-state index in [2.05, 4.69) is 48.5 Å². The van der Waals surface area contributed by atoms with Gasteiger partial charge in [-0.3, -0.25) is 4.79 Å². The largest absolute Gasteiger partial charge is 0.466 e. The Labute approximate surface area is 188 Å². The highest BCUT2D eigenvalue weighted by molar-refractivity contribution is 5.69. The molecule has 0 fully saturated rings. The van der Waals surface area contributed by atoms with Crippen LogP contribution >= 0.6 is 0 Å². The molecule has 178 valence electrons. The molecule has 0 aliphatic carbocycles. The van der Waals surface area contributed by atoms with E-state index in [9.17, 15) is 4.79 Å². The molecule has 0 aromatic rings. The van der Waals surface area contributed by atoms with E-state index < -0.39 is 0 Å². The first-order valence-corrected chi connectivity index (χ1v) is 12.6. The Morgan fingerprint density at radius 1 is 0.767 bits per heavy atom. The highest BCUT2D eigenvalue weighted by Crippen LogP contribution is 2.36. The summed E-state index contributed by atoms with van der Waals surface area (Å²) < 4.78 is 5.37. The molecule has 0 bridgehead atoms. The Hall–Kier alpha value is -0.830. The number of unbranched alkanes of at least 4 members (excludes halogenated alkanes) is 9. The third kappa shape index (κ3) is 15.9. The molecule has 0 unspecified atom stereocenters. The molecule has 0 spiro atoms. The minimum atomic E-state index is -0.145. The molecule has 0 saturated carbocycles. The molecule has 0 aromatic carbocycles. The molecule has 3 nitrogen and oxygen atoms in total. The van der Waals surface area contributed by atoms with Gasteiger partial charge in [0, 0.05) is 12.0 Å². The van der Waals surface area contributed by atoms with E-state index in [4.69, 9.17) is 10.5 Å². The maximum atomic E-state index is 11.8. The van der Waals surface area contributed by atoms with Crippen molar-refractivity contribution in [3.8, 4) is 0 Å². The smallest absolute Gasteiger partial charge is 0.305 e. The fourth-order valence-corrected chi connectivity index (χ4v) is 4.37. The third-order valence-electron chi connectivity index (χ3n) is 6.25. The van der Waals surface area contributed by atoms with Gasteiger partial charge in [-0.15, -0.1) is 0 Å². The highest BCUT2D eigenvalue weighted by atomic mass is 16.5. The zero-order valence-electron chi connectivity index (χ0n) is 21.5. The van der Waals surface area contributed by atoms with Crippen molar-refractivity contribution in [2.45, 2.75) is 144 Å². The van der Waals surface area contributed by atoms with Crippen molar-refractivity contribution in [2.75, 3.05) is 6.61 Å². The first-order valence-electron chi connectivity index (χ1n) is 12.6. The number of rotatable bonds is 18. The van der Waals surface area contributed by atoms with Gasteiger partial charge in [-0.25, -0.2) is 0 Å². The molecule has 3 heteroatoms. The average Bonchev–Trinajstić information content (AvgIpc) is 2.63. The van der Waals surface area contributed by atoms with Gasteiger partial charge in [-0.05, 0) is 65.2 Å². The summed E-state index contributed by atoms with van der Waals surface area (Å²) in [7, 11) is 0. The maximum Gasteiger partial charge on any atom is 0.305 e. The summed E-state index contributed by atoms with van der Waals surface area (Å²) in [5.74, 6) is -0.0148. The van der Waals surface area contributed by atoms with Crippen LogP contribution in [0.4, 0.5) is 0 Å². The fourth-order valence-electron chi connectivity index (χ4n) is 4.37. The first-order chi connectivity index (χ1) is 14.0. The van der Waals surface area contributed by atoms with E-state index in [0.29, 0.717) is 13.0 Å². The van der Waals surface area contributed by atoms with Crippen LogP contribution in [0.3, 0.4) is 0 Å². The van der Waals surface area contributed by atoms with Crippen LogP contribution in [0.15, 0.2) is 11.1 Å². The first kappa shape index (κ1) is 29.2. The monoisotopic (exact) mass is 423 g/mol. The van der Waals surface area contributed by atoms with Crippen LogP contribution in [0.25, 0.3) is 0 Å². The van der Waals surface area contributed by atoms with E-state index in [1.165, 1.54) is 62.5 Å². The number of allylic oxidation sites excluding steroid dienone is 2. The Morgan fingerprint density at radius 2 is 1.27 bits per heavy atom. The number of esters is 1. The zero-order chi connectivity index (χ0) is 23.0. The number of hydrogen-bond donors (Lipinski definition) is 1. The molecule has 0 aliphatic heterocycles. The highest BCUT2D eigenvalue weighted by Gasteiger charge is 2.28. The molecular formula is C27H53NO2. The summed E-state index contributed by atoms with van der Waals surface area (Å²) in [6.07, 6.45) is 15.9. The molecular weight excluding hydrogens is 370 g/mol. The summed E-state index contributed by atoms with van der Waals surface area (Å²) in [5.41, 5.74) is 9.22. The van der Waals surface area contributed by atoms with Gasteiger partial charge in [0.05, 0.1) is 6.61 Å². The predicted molar refractivity (Wildman–Crippen MR) is 132 cm³/mol. The summed E-state index contributed by atoms with van der Waals surface area (Å²) in [6.45, 7) is 16.2. The number of ether oxygens (including phenoxy) is 1. The summed E-state index contributed by atoms with van der Waals surface area (Å²) in [4.78, 5) is 11.8. The van der Waals surface area contributed by atoms with Gasteiger partial charge in [0.1, 0.15) is 0 Å². The number of hydrogen-bond acceptors (Lipinski definition) is 3. The van der Waals surface area contributed by atoms with Gasteiger partial charge in [0.15, 0.2) is 0 Å². The molecule has 30 heavy (non-hydrogen) atoms. The Bertz CT molecular complexity index is 486. The lowest BCUT2D eigenvalue weighted by Crippen LogP contribution is -2.38. The van der Waals surface area contributed by atoms with E-state index in [-0.39, 0.29) is 16.9 Å². The normalized spacial score (nSPS) is 13.3. The molecule has 0 atom stereocenters.